The zero-order valence-corrected chi connectivity index (χ0v) is 30.7. The Bertz CT molecular complexity index is 1840. The third kappa shape index (κ3) is 7.69. The topological polar surface area (TPSA) is 109 Å². The van der Waals surface area contributed by atoms with Crippen LogP contribution in [-0.2, 0) is 17.7 Å². The number of ether oxygens (including phenoxy) is 3. The van der Waals surface area contributed by atoms with Crippen LogP contribution in [0.4, 0.5) is 23.4 Å². The number of hydrogen-bond acceptors (Lipinski definition) is 11. The molecule has 4 aliphatic heterocycles. The van der Waals surface area contributed by atoms with Crippen LogP contribution in [0.3, 0.4) is 0 Å². The van der Waals surface area contributed by atoms with Gasteiger partial charge in [0.25, 0.3) is 11.8 Å². The van der Waals surface area contributed by atoms with Crippen LogP contribution < -0.4 is 14.4 Å². The second kappa shape index (κ2) is 14.5. The standard InChI is InChI=1S/C38H46F4N8O4/c1-25(2)50(23-38(40,41)42)35(51)28-15-26(39)5-6-31(28)54-34-33(44-24-45-46-34)49-19-36(20-49)16-27(17-36)53-32-7-10-43-30-8-13-47(18-29(30)32)11-4-12-48-21-37(22-48)9-3-14-52-37/h5-7,10,15,24-25,27H,3-4,8-9,11-14,16-23H2,1-2H3. The van der Waals surface area contributed by atoms with E-state index in [1.807, 2.05) is 17.2 Å². The number of alkyl halides is 3. The van der Waals surface area contributed by atoms with E-state index in [0.717, 1.165) is 95.1 Å². The molecule has 0 atom stereocenters. The third-order valence-electron chi connectivity index (χ3n) is 11.5. The Hall–Kier alpha value is -4.15. The third-order valence-corrected chi connectivity index (χ3v) is 11.5. The molecule has 2 spiro atoms. The molecule has 1 saturated carbocycles. The van der Waals surface area contributed by atoms with Gasteiger partial charge in [-0.05, 0) is 83.3 Å². The Labute approximate surface area is 311 Å². The highest BCUT2D eigenvalue weighted by atomic mass is 19.4. The summed E-state index contributed by atoms with van der Waals surface area (Å²) in [5, 5.41) is 7.91. The number of nitrogens with zero attached hydrogens (tertiary/aromatic N) is 8. The fourth-order valence-electron chi connectivity index (χ4n) is 8.80. The van der Waals surface area contributed by atoms with E-state index in [1.165, 1.54) is 44.6 Å². The van der Waals surface area contributed by atoms with Gasteiger partial charge in [-0.2, -0.15) is 13.2 Å². The van der Waals surface area contributed by atoms with Crippen molar-refractivity contribution < 1.29 is 36.6 Å². The lowest BCUT2D eigenvalue weighted by molar-refractivity contribution is -0.143. The molecule has 0 unspecified atom stereocenters. The molecule has 1 aromatic carbocycles. The van der Waals surface area contributed by atoms with Crippen molar-refractivity contribution in [1.82, 2.24) is 34.9 Å². The molecule has 54 heavy (non-hydrogen) atoms. The van der Waals surface area contributed by atoms with Crippen LogP contribution in [0.5, 0.6) is 17.4 Å². The van der Waals surface area contributed by atoms with E-state index in [4.69, 9.17) is 14.2 Å². The number of pyridine rings is 1. The van der Waals surface area contributed by atoms with Crippen molar-refractivity contribution in [3.63, 3.8) is 0 Å². The maximum Gasteiger partial charge on any atom is 0.406 e. The van der Waals surface area contributed by atoms with Gasteiger partial charge in [-0.15, -0.1) is 10.2 Å². The molecule has 0 radical (unpaired) electrons. The van der Waals surface area contributed by atoms with E-state index < -0.39 is 30.5 Å². The molecule has 1 aliphatic carbocycles. The van der Waals surface area contributed by atoms with Gasteiger partial charge in [0.2, 0.25) is 0 Å². The van der Waals surface area contributed by atoms with Crippen molar-refractivity contribution in [2.45, 2.75) is 82.8 Å². The maximum absolute atomic E-state index is 14.3. The minimum atomic E-state index is -4.64. The number of halogens is 4. The van der Waals surface area contributed by atoms with Crippen molar-refractivity contribution in [2.24, 2.45) is 5.41 Å². The molecule has 6 heterocycles. The molecular formula is C38H46F4N8O4. The zero-order chi connectivity index (χ0) is 37.7. The van der Waals surface area contributed by atoms with Gasteiger partial charge in [0.1, 0.15) is 36.3 Å². The van der Waals surface area contributed by atoms with E-state index in [2.05, 4.69) is 30.0 Å². The van der Waals surface area contributed by atoms with E-state index in [1.54, 1.807) is 0 Å². The molecule has 12 nitrogen and oxygen atoms in total. The lowest BCUT2D eigenvalue weighted by Crippen LogP contribution is -2.65. The highest BCUT2D eigenvalue weighted by Crippen LogP contribution is 2.52. The van der Waals surface area contributed by atoms with Gasteiger partial charge in [-0.3, -0.25) is 19.6 Å². The normalized spacial score (nSPS) is 20.8. The molecule has 2 aromatic heterocycles. The Morgan fingerprint density at radius 2 is 1.87 bits per heavy atom. The van der Waals surface area contributed by atoms with Gasteiger partial charge in [0.05, 0.1) is 11.2 Å². The summed E-state index contributed by atoms with van der Waals surface area (Å²) in [6, 6.07) is 4.31. The van der Waals surface area contributed by atoms with E-state index in [-0.39, 0.29) is 34.3 Å². The van der Waals surface area contributed by atoms with Crippen LogP contribution in [0.2, 0.25) is 0 Å². The lowest BCUT2D eigenvalue weighted by atomic mass is 9.61. The fraction of sp³-hybridized carbons (Fsp3) is 0.605. The van der Waals surface area contributed by atoms with Crippen LogP contribution in [0.25, 0.3) is 0 Å². The monoisotopic (exact) mass is 754 g/mol. The van der Waals surface area contributed by atoms with Gasteiger partial charge in [-0.25, -0.2) is 9.37 Å². The smallest absolute Gasteiger partial charge is 0.406 e. The largest absolute Gasteiger partial charge is 0.490 e. The summed E-state index contributed by atoms with van der Waals surface area (Å²) in [5.41, 5.74) is 2.11. The number of carbonyl (C=O) groups is 1. The lowest BCUT2D eigenvalue weighted by Gasteiger charge is -2.58. The Balaban J connectivity index is 0.857. The second-order valence-electron chi connectivity index (χ2n) is 15.9. The highest BCUT2D eigenvalue weighted by molar-refractivity contribution is 5.97. The number of hydrogen-bond donors (Lipinski definition) is 0. The summed E-state index contributed by atoms with van der Waals surface area (Å²) in [4.78, 5) is 30.0. The summed E-state index contributed by atoms with van der Waals surface area (Å²) < 4.78 is 72.8. The molecule has 16 heteroatoms. The molecule has 8 rings (SSSR count). The van der Waals surface area contributed by atoms with Gasteiger partial charge >= 0.3 is 6.18 Å². The van der Waals surface area contributed by atoms with Crippen LogP contribution in [0, 0.1) is 11.2 Å². The summed E-state index contributed by atoms with van der Waals surface area (Å²) in [6.07, 6.45) is 4.68. The zero-order valence-electron chi connectivity index (χ0n) is 30.7. The van der Waals surface area contributed by atoms with E-state index in [9.17, 15) is 22.4 Å². The van der Waals surface area contributed by atoms with Gasteiger partial charge in [-0.1, -0.05) is 0 Å². The number of amides is 1. The average Bonchev–Trinajstić information content (AvgIpc) is 3.58. The van der Waals surface area contributed by atoms with Crippen molar-refractivity contribution in [2.75, 3.05) is 63.9 Å². The first-order chi connectivity index (χ1) is 25.9. The Kier molecular flexibility index (Phi) is 9.88. The first-order valence-corrected chi connectivity index (χ1v) is 18.9. The van der Waals surface area contributed by atoms with Crippen LogP contribution in [0.1, 0.15) is 67.6 Å². The van der Waals surface area contributed by atoms with E-state index >= 15 is 0 Å². The number of benzene rings is 1. The van der Waals surface area contributed by atoms with Crippen molar-refractivity contribution in [1.29, 1.82) is 0 Å². The second-order valence-corrected chi connectivity index (χ2v) is 15.9. The highest BCUT2D eigenvalue weighted by Gasteiger charge is 2.54. The molecule has 3 aromatic rings. The molecule has 5 aliphatic rings. The number of fused-ring (bicyclic) bond motifs is 1. The predicted octanol–water partition coefficient (Wildman–Crippen LogP) is 5.27. The number of anilines is 1. The molecule has 3 saturated heterocycles. The fourth-order valence-corrected chi connectivity index (χ4v) is 8.80. The summed E-state index contributed by atoms with van der Waals surface area (Å²) in [6.45, 7) is 9.76. The predicted molar refractivity (Wildman–Crippen MR) is 189 cm³/mol. The molecule has 1 amide bonds. The van der Waals surface area contributed by atoms with Crippen molar-refractivity contribution in [3.05, 3.63) is 59.4 Å². The summed E-state index contributed by atoms with van der Waals surface area (Å²) >= 11 is 0. The van der Waals surface area contributed by atoms with Crippen molar-refractivity contribution in [3.8, 4) is 17.4 Å². The summed E-state index contributed by atoms with van der Waals surface area (Å²) in [5.74, 6) is -0.695. The average molecular weight is 755 g/mol. The molecular weight excluding hydrogens is 708 g/mol. The van der Waals surface area contributed by atoms with Gasteiger partial charge in [0.15, 0.2) is 5.82 Å². The molecule has 0 bridgehead atoms. The maximum atomic E-state index is 14.3. The summed E-state index contributed by atoms with van der Waals surface area (Å²) in [7, 11) is 0. The number of aromatic nitrogens is 4. The quantitative estimate of drug-likeness (QED) is 0.226. The van der Waals surface area contributed by atoms with E-state index in [0.29, 0.717) is 23.8 Å². The number of rotatable bonds is 12. The van der Waals surface area contributed by atoms with Crippen LogP contribution in [-0.4, -0.2) is 124 Å². The molecule has 0 N–H and O–H groups in total. The van der Waals surface area contributed by atoms with Crippen LogP contribution in [0.15, 0.2) is 36.8 Å². The first-order valence-electron chi connectivity index (χ1n) is 18.9. The first kappa shape index (κ1) is 36.8. The minimum absolute atomic E-state index is 0.0251. The van der Waals surface area contributed by atoms with Gasteiger partial charge in [0, 0.05) is 81.2 Å². The SMILES string of the molecule is CC(C)N(CC(F)(F)F)C(=O)c1cc(F)ccc1Oc1nncnc1N1CC2(CC(Oc3ccnc4c3CN(CCCN3CC5(CCCO5)C3)CC4)C2)C1. The van der Waals surface area contributed by atoms with Crippen molar-refractivity contribution >= 4 is 11.7 Å². The molecule has 4 fully saturated rings. The number of carbonyl (C=O) groups excluding carboxylic acids is 1. The van der Waals surface area contributed by atoms with Crippen LogP contribution >= 0.6 is 0 Å². The van der Waals surface area contributed by atoms with Gasteiger partial charge < -0.3 is 24.0 Å². The minimum Gasteiger partial charge on any atom is -0.490 e. The molecule has 290 valence electrons. The Morgan fingerprint density at radius 3 is 2.61 bits per heavy atom. The Morgan fingerprint density at radius 1 is 1.07 bits per heavy atom. The number of likely N-dealkylation sites (tertiary alicyclic amines) is 1.